The average Bonchev–Trinajstić information content (AvgIpc) is 2.71. The fourth-order valence-electron chi connectivity index (χ4n) is 1.45. The number of anilines is 2. The molecule has 0 fully saturated rings. The zero-order valence-electron chi connectivity index (χ0n) is 10.1. The normalized spacial score (nSPS) is 10.9. The van der Waals surface area contributed by atoms with Gasteiger partial charge in [-0.05, 0) is 48.3 Å². The molecular weight excluding hydrogens is 280 g/mol. The molecule has 5 heteroatoms. The Hall–Kier alpha value is -1.36. The summed E-state index contributed by atoms with van der Waals surface area (Å²) in [4.78, 5) is 4.33. The summed E-state index contributed by atoms with van der Waals surface area (Å²) in [5.74, 6) is 0.805. The van der Waals surface area contributed by atoms with Crippen LogP contribution in [0, 0.1) is 6.92 Å². The predicted molar refractivity (Wildman–Crippen MR) is 72.6 cm³/mol. The van der Waals surface area contributed by atoms with Gasteiger partial charge in [-0.2, -0.15) is 5.10 Å². The number of nitrogens with zero attached hydrogens (tertiary/aromatic N) is 3. The van der Waals surface area contributed by atoms with Gasteiger partial charge in [-0.25, -0.2) is 4.98 Å². The van der Waals surface area contributed by atoms with E-state index in [9.17, 15) is 0 Å². The number of rotatable bonds is 3. The van der Waals surface area contributed by atoms with Gasteiger partial charge in [0.1, 0.15) is 5.82 Å². The van der Waals surface area contributed by atoms with Crippen molar-refractivity contribution in [3.8, 4) is 0 Å². The van der Waals surface area contributed by atoms with Crippen molar-refractivity contribution in [1.29, 1.82) is 0 Å². The van der Waals surface area contributed by atoms with Gasteiger partial charge in [-0.15, -0.1) is 0 Å². The van der Waals surface area contributed by atoms with Gasteiger partial charge in [0.05, 0.1) is 16.4 Å². The molecule has 4 nitrogen and oxygen atoms in total. The molecule has 2 aromatic rings. The molecular formula is C12H15BrN4. The van der Waals surface area contributed by atoms with E-state index in [-0.39, 0.29) is 0 Å². The molecule has 0 aliphatic carbocycles. The highest BCUT2D eigenvalue weighted by atomic mass is 79.9. The maximum absolute atomic E-state index is 4.33. The first kappa shape index (κ1) is 12.1. The van der Waals surface area contributed by atoms with Crippen LogP contribution in [0.25, 0.3) is 0 Å². The maximum atomic E-state index is 4.33. The minimum atomic E-state index is 0.361. The number of hydrogen-bond donors (Lipinski definition) is 1. The molecule has 0 unspecified atom stereocenters. The molecule has 2 heterocycles. The van der Waals surface area contributed by atoms with Crippen LogP contribution in [0.5, 0.6) is 0 Å². The molecule has 0 atom stereocenters. The van der Waals surface area contributed by atoms with E-state index >= 15 is 0 Å². The lowest BCUT2D eigenvalue weighted by molar-refractivity contribution is 0.532. The van der Waals surface area contributed by atoms with Crippen LogP contribution >= 0.6 is 15.9 Å². The fourth-order valence-corrected chi connectivity index (χ4v) is 2.01. The lowest BCUT2D eigenvalue weighted by Crippen LogP contribution is -2.00. The molecule has 0 aromatic carbocycles. The molecule has 0 amide bonds. The highest BCUT2D eigenvalue weighted by molar-refractivity contribution is 9.10. The van der Waals surface area contributed by atoms with Crippen molar-refractivity contribution in [3.05, 3.63) is 34.7 Å². The lowest BCUT2D eigenvalue weighted by atomic mass is 10.3. The Labute approximate surface area is 109 Å². The van der Waals surface area contributed by atoms with E-state index in [1.807, 2.05) is 30.1 Å². The molecule has 0 bridgehead atoms. The van der Waals surface area contributed by atoms with Crippen LogP contribution in [0.2, 0.25) is 0 Å². The third-order valence-electron chi connectivity index (χ3n) is 2.37. The largest absolute Gasteiger partial charge is 0.337 e. The number of halogens is 1. The molecule has 0 spiro atoms. The van der Waals surface area contributed by atoms with Gasteiger partial charge in [-0.3, -0.25) is 4.68 Å². The molecule has 0 aliphatic heterocycles. The van der Waals surface area contributed by atoms with Crippen molar-refractivity contribution in [2.75, 3.05) is 5.32 Å². The van der Waals surface area contributed by atoms with Crippen molar-refractivity contribution in [2.24, 2.45) is 0 Å². The second-order valence-electron chi connectivity index (χ2n) is 4.27. The monoisotopic (exact) mass is 294 g/mol. The molecule has 2 aromatic heterocycles. The van der Waals surface area contributed by atoms with Gasteiger partial charge in [0.2, 0.25) is 0 Å². The van der Waals surface area contributed by atoms with Crippen LogP contribution in [0.15, 0.2) is 29.1 Å². The van der Waals surface area contributed by atoms with Crippen LogP contribution in [-0.4, -0.2) is 14.8 Å². The second-order valence-corrected chi connectivity index (χ2v) is 5.13. The summed E-state index contributed by atoms with van der Waals surface area (Å²) >= 11 is 3.49. The zero-order chi connectivity index (χ0) is 12.4. The summed E-state index contributed by atoms with van der Waals surface area (Å²) in [6.07, 6.45) is 5.60. The first-order valence-corrected chi connectivity index (χ1v) is 6.29. The summed E-state index contributed by atoms with van der Waals surface area (Å²) in [5.41, 5.74) is 2.07. The van der Waals surface area contributed by atoms with Crippen molar-refractivity contribution >= 4 is 27.4 Å². The average molecular weight is 295 g/mol. The smallest absolute Gasteiger partial charge is 0.144 e. The van der Waals surface area contributed by atoms with Crippen LogP contribution < -0.4 is 5.32 Å². The Balaban J connectivity index is 2.19. The van der Waals surface area contributed by atoms with E-state index in [2.05, 4.69) is 45.2 Å². The summed E-state index contributed by atoms with van der Waals surface area (Å²) in [6.45, 7) is 6.20. The quantitative estimate of drug-likeness (QED) is 0.939. The Kier molecular flexibility index (Phi) is 3.47. The van der Waals surface area contributed by atoms with Gasteiger partial charge >= 0.3 is 0 Å². The van der Waals surface area contributed by atoms with E-state index in [4.69, 9.17) is 0 Å². The highest BCUT2D eigenvalue weighted by Gasteiger charge is 2.05. The van der Waals surface area contributed by atoms with Crippen LogP contribution in [0.1, 0.15) is 25.5 Å². The molecule has 0 aliphatic rings. The number of nitrogens with one attached hydrogen (secondary N) is 1. The SMILES string of the molecule is Cc1cnc(Nc2cnn(C(C)C)c2)c(Br)c1. The van der Waals surface area contributed by atoms with E-state index < -0.39 is 0 Å². The first-order chi connectivity index (χ1) is 8.06. The number of hydrogen-bond acceptors (Lipinski definition) is 3. The van der Waals surface area contributed by atoms with Gasteiger partial charge in [0, 0.05) is 18.4 Å². The lowest BCUT2D eigenvalue weighted by Gasteiger charge is -2.06. The minimum Gasteiger partial charge on any atom is -0.337 e. The van der Waals surface area contributed by atoms with Crippen LogP contribution in [0.3, 0.4) is 0 Å². The Morgan fingerprint density at radius 1 is 1.35 bits per heavy atom. The molecule has 0 saturated heterocycles. The first-order valence-electron chi connectivity index (χ1n) is 5.49. The van der Waals surface area contributed by atoms with Gasteiger partial charge < -0.3 is 5.32 Å². The third-order valence-corrected chi connectivity index (χ3v) is 2.98. The van der Waals surface area contributed by atoms with Crippen LogP contribution in [-0.2, 0) is 0 Å². The van der Waals surface area contributed by atoms with Crippen molar-refractivity contribution in [3.63, 3.8) is 0 Å². The summed E-state index contributed by atoms with van der Waals surface area (Å²) in [5, 5.41) is 7.50. The highest BCUT2D eigenvalue weighted by Crippen LogP contribution is 2.24. The Morgan fingerprint density at radius 3 is 2.71 bits per heavy atom. The summed E-state index contributed by atoms with van der Waals surface area (Å²) < 4.78 is 2.86. The number of aromatic nitrogens is 3. The van der Waals surface area contributed by atoms with E-state index in [1.54, 1.807) is 6.20 Å². The number of pyridine rings is 1. The Bertz CT molecular complexity index is 519. The third kappa shape index (κ3) is 2.85. The Morgan fingerprint density at radius 2 is 2.12 bits per heavy atom. The molecule has 17 heavy (non-hydrogen) atoms. The zero-order valence-corrected chi connectivity index (χ0v) is 11.7. The van der Waals surface area contributed by atoms with E-state index in [1.165, 1.54) is 0 Å². The van der Waals surface area contributed by atoms with E-state index in [0.29, 0.717) is 6.04 Å². The standard InChI is InChI=1S/C12H15BrN4/c1-8(2)17-7-10(6-15-17)16-12-11(13)4-9(3)5-14-12/h4-8H,1-3H3,(H,14,16). The topological polar surface area (TPSA) is 42.7 Å². The molecule has 1 N–H and O–H groups in total. The van der Waals surface area contributed by atoms with Crippen molar-refractivity contribution < 1.29 is 0 Å². The molecule has 0 saturated carbocycles. The van der Waals surface area contributed by atoms with Gasteiger partial charge in [0.25, 0.3) is 0 Å². The van der Waals surface area contributed by atoms with Crippen LogP contribution in [0.4, 0.5) is 11.5 Å². The van der Waals surface area contributed by atoms with Gasteiger partial charge in [0.15, 0.2) is 0 Å². The van der Waals surface area contributed by atoms with Gasteiger partial charge in [-0.1, -0.05) is 0 Å². The molecule has 0 radical (unpaired) electrons. The number of aryl methyl sites for hydroxylation is 1. The minimum absolute atomic E-state index is 0.361. The fraction of sp³-hybridized carbons (Fsp3) is 0.333. The summed E-state index contributed by atoms with van der Waals surface area (Å²) in [6, 6.07) is 2.39. The van der Waals surface area contributed by atoms with Crippen molar-refractivity contribution in [2.45, 2.75) is 26.8 Å². The molecule has 90 valence electrons. The van der Waals surface area contributed by atoms with Crippen molar-refractivity contribution in [1.82, 2.24) is 14.8 Å². The predicted octanol–water partition coefficient (Wildman–Crippen LogP) is 3.67. The summed E-state index contributed by atoms with van der Waals surface area (Å²) in [7, 11) is 0. The van der Waals surface area contributed by atoms with E-state index in [0.717, 1.165) is 21.5 Å². The molecule has 2 rings (SSSR count). The second kappa shape index (κ2) is 4.87. The maximum Gasteiger partial charge on any atom is 0.144 e.